The molecule has 3 nitrogen and oxygen atoms in total. The molecule has 1 aliphatic rings. The van der Waals surface area contributed by atoms with Gasteiger partial charge in [-0.15, -0.1) is 0 Å². The highest BCUT2D eigenvalue weighted by Crippen LogP contribution is 2.26. The van der Waals surface area contributed by atoms with Crippen molar-refractivity contribution in [3.8, 4) is 5.75 Å². The van der Waals surface area contributed by atoms with E-state index in [-0.39, 0.29) is 5.92 Å². The van der Waals surface area contributed by atoms with Crippen molar-refractivity contribution in [3.63, 3.8) is 0 Å². The number of carbonyl (C=O) groups is 1. The van der Waals surface area contributed by atoms with E-state index in [0.717, 1.165) is 28.6 Å². The van der Waals surface area contributed by atoms with E-state index in [4.69, 9.17) is 9.47 Å². The first-order chi connectivity index (χ1) is 8.70. The van der Waals surface area contributed by atoms with Crippen molar-refractivity contribution in [2.24, 2.45) is 5.92 Å². The Hall–Kier alpha value is -0.870. The summed E-state index contributed by atoms with van der Waals surface area (Å²) >= 11 is 3.44. The molecule has 0 aliphatic carbocycles. The Morgan fingerprint density at radius 2 is 2.17 bits per heavy atom. The SMILES string of the molecule is COc1ccc(CC(=O)C2CCOCC2)cc1Br. The lowest BCUT2D eigenvalue weighted by Gasteiger charge is -2.20. The monoisotopic (exact) mass is 312 g/mol. The Morgan fingerprint density at radius 1 is 1.44 bits per heavy atom. The number of ketones is 1. The van der Waals surface area contributed by atoms with Crippen LogP contribution in [-0.2, 0) is 16.0 Å². The number of hydrogen-bond donors (Lipinski definition) is 0. The predicted molar refractivity (Wildman–Crippen MR) is 72.9 cm³/mol. The van der Waals surface area contributed by atoms with Gasteiger partial charge in [-0.3, -0.25) is 4.79 Å². The van der Waals surface area contributed by atoms with Gasteiger partial charge in [-0.05, 0) is 46.5 Å². The van der Waals surface area contributed by atoms with Gasteiger partial charge in [0.1, 0.15) is 11.5 Å². The van der Waals surface area contributed by atoms with Crippen LogP contribution in [0.1, 0.15) is 18.4 Å². The predicted octanol–water partition coefficient (Wildman–Crippen LogP) is 3.00. The van der Waals surface area contributed by atoms with Crippen LogP contribution in [0.2, 0.25) is 0 Å². The van der Waals surface area contributed by atoms with Gasteiger partial charge in [-0.25, -0.2) is 0 Å². The van der Waals surface area contributed by atoms with Crippen molar-refractivity contribution in [2.45, 2.75) is 19.3 Å². The zero-order chi connectivity index (χ0) is 13.0. The summed E-state index contributed by atoms with van der Waals surface area (Å²) < 4.78 is 11.3. The van der Waals surface area contributed by atoms with E-state index >= 15 is 0 Å². The summed E-state index contributed by atoms with van der Waals surface area (Å²) in [5.74, 6) is 1.27. The Morgan fingerprint density at radius 3 is 2.78 bits per heavy atom. The first-order valence-electron chi connectivity index (χ1n) is 6.13. The van der Waals surface area contributed by atoms with E-state index in [1.54, 1.807) is 7.11 Å². The summed E-state index contributed by atoms with van der Waals surface area (Å²) in [7, 11) is 1.63. The van der Waals surface area contributed by atoms with Crippen LogP contribution in [0.5, 0.6) is 5.75 Å². The molecule has 2 rings (SSSR count). The minimum atomic E-state index is 0.166. The summed E-state index contributed by atoms with van der Waals surface area (Å²) in [4.78, 5) is 12.1. The third kappa shape index (κ3) is 3.33. The Balaban J connectivity index is 2.00. The van der Waals surface area contributed by atoms with Gasteiger partial charge in [-0.2, -0.15) is 0 Å². The van der Waals surface area contributed by atoms with Gasteiger partial charge in [0.2, 0.25) is 0 Å². The molecule has 1 saturated heterocycles. The van der Waals surface area contributed by atoms with Crippen LogP contribution >= 0.6 is 15.9 Å². The van der Waals surface area contributed by atoms with Crippen molar-refractivity contribution in [3.05, 3.63) is 28.2 Å². The summed E-state index contributed by atoms with van der Waals surface area (Å²) in [5, 5.41) is 0. The maximum atomic E-state index is 12.1. The van der Waals surface area contributed by atoms with E-state index in [2.05, 4.69) is 15.9 Å². The first kappa shape index (κ1) is 13.6. The number of Topliss-reactive ketones (excluding diaryl/α,β-unsaturated/α-hetero) is 1. The standard InChI is InChI=1S/C14H17BrO3/c1-17-14-3-2-10(8-12(14)15)9-13(16)11-4-6-18-7-5-11/h2-3,8,11H,4-7,9H2,1H3. The van der Waals surface area contributed by atoms with Crippen molar-refractivity contribution in [1.29, 1.82) is 0 Å². The fraction of sp³-hybridized carbons (Fsp3) is 0.500. The molecule has 0 unspecified atom stereocenters. The fourth-order valence-electron chi connectivity index (χ4n) is 2.18. The molecule has 1 aromatic carbocycles. The molecule has 0 N–H and O–H groups in total. The summed E-state index contributed by atoms with van der Waals surface area (Å²) in [6, 6.07) is 5.79. The minimum Gasteiger partial charge on any atom is -0.496 e. The third-order valence-electron chi connectivity index (χ3n) is 3.27. The molecule has 0 bridgehead atoms. The van der Waals surface area contributed by atoms with Gasteiger partial charge in [0.25, 0.3) is 0 Å². The van der Waals surface area contributed by atoms with Crippen molar-refractivity contribution < 1.29 is 14.3 Å². The molecule has 0 spiro atoms. The lowest BCUT2D eigenvalue weighted by molar-refractivity contribution is -0.125. The number of carbonyl (C=O) groups excluding carboxylic acids is 1. The second-order valence-electron chi connectivity index (χ2n) is 4.50. The van der Waals surface area contributed by atoms with Crippen LogP contribution in [0, 0.1) is 5.92 Å². The molecule has 1 fully saturated rings. The fourth-order valence-corrected chi connectivity index (χ4v) is 2.77. The van der Waals surface area contributed by atoms with Crippen molar-refractivity contribution in [1.82, 2.24) is 0 Å². The average Bonchev–Trinajstić information content (AvgIpc) is 2.40. The van der Waals surface area contributed by atoms with E-state index in [9.17, 15) is 4.79 Å². The highest BCUT2D eigenvalue weighted by Gasteiger charge is 2.21. The molecule has 0 amide bonds. The van der Waals surface area contributed by atoms with Crippen molar-refractivity contribution >= 4 is 21.7 Å². The topological polar surface area (TPSA) is 35.5 Å². The number of rotatable bonds is 4. The molecule has 1 heterocycles. The first-order valence-corrected chi connectivity index (χ1v) is 6.93. The Bertz CT molecular complexity index is 425. The Labute approximate surface area is 116 Å². The number of benzene rings is 1. The van der Waals surface area contributed by atoms with E-state index in [1.807, 2.05) is 18.2 Å². The van der Waals surface area contributed by atoms with Gasteiger partial charge in [-0.1, -0.05) is 6.07 Å². The van der Waals surface area contributed by atoms with E-state index in [0.29, 0.717) is 25.4 Å². The molecule has 18 heavy (non-hydrogen) atoms. The lowest BCUT2D eigenvalue weighted by atomic mass is 9.91. The second-order valence-corrected chi connectivity index (χ2v) is 5.35. The van der Waals surface area contributed by atoms with Crippen LogP contribution in [0.15, 0.2) is 22.7 Å². The van der Waals surface area contributed by atoms with Crippen LogP contribution in [0.25, 0.3) is 0 Å². The van der Waals surface area contributed by atoms with E-state index in [1.165, 1.54) is 0 Å². The van der Waals surface area contributed by atoms with Gasteiger partial charge >= 0.3 is 0 Å². The smallest absolute Gasteiger partial charge is 0.140 e. The molecule has 1 aromatic rings. The third-order valence-corrected chi connectivity index (χ3v) is 3.89. The highest BCUT2D eigenvalue weighted by atomic mass is 79.9. The van der Waals surface area contributed by atoms with Crippen LogP contribution < -0.4 is 4.74 Å². The molecule has 0 aromatic heterocycles. The number of methoxy groups -OCH3 is 1. The molecule has 0 atom stereocenters. The number of ether oxygens (including phenoxy) is 2. The molecule has 98 valence electrons. The summed E-state index contributed by atoms with van der Waals surface area (Å²) in [6.45, 7) is 1.42. The molecule has 1 aliphatic heterocycles. The van der Waals surface area contributed by atoms with Gasteiger partial charge in [0, 0.05) is 25.6 Å². The molecule has 0 saturated carbocycles. The largest absolute Gasteiger partial charge is 0.496 e. The Kier molecular flexibility index (Phi) is 4.78. The zero-order valence-electron chi connectivity index (χ0n) is 10.4. The number of halogens is 1. The van der Waals surface area contributed by atoms with E-state index < -0.39 is 0 Å². The second kappa shape index (κ2) is 6.34. The maximum absolute atomic E-state index is 12.1. The lowest BCUT2D eigenvalue weighted by Crippen LogP contribution is -2.24. The normalized spacial score (nSPS) is 16.6. The van der Waals surface area contributed by atoms with Crippen LogP contribution in [0.3, 0.4) is 0 Å². The molecular weight excluding hydrogens is 296 g/mol. The zero-order valence-corrected chi connectivity index (χ0v) is 12.0. The molecule has 0 radical (unpaired) electrons. The van der Waals surface area contributed by atoms with Crippen LogP contribution in [-0.4, -0.2) is 26.1 Å². The van der Waals surface area contributed by atoms with Gasteiger partial charge in [0.15, 0.2) is 0 Å². The maximum Gasteiger partial charge on any atom is 0.140 e. The molecule has 4 heteroatoms. The summed E-state index contributed by atoms with van der Waals surface area (Å²) in [6.07, 6.45) is 2.21. The van der Waals surface area contributed by atoms with Gasteiger partial charge in [0.05, 0.1) is 11.6 Å². The number of hydrogen-bond acceptors (Lipinski definition) is 3. The van der Waals surface area contributed by atoms with Crippen molar-refractivity contribution in [2.75, 3.05) is 20.3 Å². The highest BCUT2D eigenvalue weighted by molar-refractivity contribution is 9.10. The quantitative estimate of drug-likeness (QED) is 0.857. The molecular formula is C14H17BrO3. The van der Waals surface area contributed by atoms with Crippen LogP contribution in [0.4, 0.5) is 0 Å². The minimum absolute atomic E-state index is 0.166. The summed E-state index contributed by atoms with van der Waals surface area (Å²) in [5.41, 5.74) is 1.03. The van der Waals surface area contributed by atoms with Gasteiger partial charge < -0.3 is 9.47 Å². The average molecular weight is 313 g/mol.